The number of morpholine rings is 1. The first-order valence-electron chi connectivity index (χ1n) is 8.78. The number of rotatable bonds is 4. The molecule has 134 valence electrons. The zero-order chi connectivity index (χ0) is 18.0. The molecule has 6 nitrogen and oxygen atoms in total. The highest BCUT2D eigenvalue weighted by Gasteiger charge is 2.17. The maximum Gasteiger partial charge on any atom is 0.256 e. The Labute approximate surface area is 148 Å². The van der Waals surface area contributed by atoms with Crippen molar-refractivity contribution in [1.82, 2.24) is 9.78 Å². The van der Waals surface area contributed by atoms with Crippen molar-refractivity contribution < 1.29 is 9.53 Å². The van der Waals surface area contributed by atoms with E-state index in [-0.39, 0.29) is 5.91 Å². The van der Waals surface area contributed by atoms with Crippen molar-refractivity contribution in [2.75, 3.05) is 36.5 Å². The zero-order valence-corrected chi connectivity index (χ0v) is 15.4. The van der Waals surface area contributed by atoms with Gasteiger partial charge >= 0.3 is 0 Å². The van der Waals surface area contributed by atoms with Crippen LogP contribution in [0.2, 0.25) is 0 Å². The van der Waals surface area contributed by atoms with Gasteiger partial charge in [-0.1, -0.05) is 6.92 Å². The average molecular weight is 342 g/mol. The number of carbonyl (C=O) groups excluding carboxylic acids is 1. The number of carbonyl (C=O) groups is 1. The second kappa shape index (κ2) is 7.27. The number of amides is 1. The van der Waals surface area contributed by atoms with Gasteiger partial charge in [-0.3, -0.25) is 9.48 Å². The van der Waals surface area contributed by atoms with Gasteiger partial charge in [0.1, 0.15) is 5.82 Å². The first-order valence-corrected chi connectivity index (χ1v) is 8.78. The second-order valence-electron chi connectivity index (χ2n) is 6.45. The molecule has 1 fully saturated rings. The number of aryl methyl sites for hydroxylation is 3. The van der Waals surface area contributed by atoms with Crippen molar-refractivity contribution in [2.45, 2.75) is 27.2 Å². The van der Waals surface area contributed by atoms with Crippen molar-refractivity contribution in [1.29, 1.82) is 0 Å². The second-order valence-corrected chi connectivity index (χ2v) is 6.45. The molecule has 2 heterocycles. The fraction of sp³-hybridized carbons (Fsp3) is 0.474. The molecular formula is C19H26N4O2. The van der Waals surface area contributed by atoms with Crippen LogP contribution in [0.4, 0.5) is 11.5 Å². The van der Waals surface area contributed by atoms with Crippen LogP contribution in [0.1, 0.15) is 34.1 Å². The Balaban J connectivity index is 1.79. The van der Waals surface area contributed by atoms with E-state index in [0.29, 0.717) is 5.56 Å². The summed E-state index contributed by atoms with van der Waals surface area (Å²) in [5.74, 6) is 0.655. The van der Waals surface area contributed by atoms with Crippen molar-refractivity contribution in [2.24, 2.45) is 7.05 Å². The highest BCUT2D eigenvalue weighted by molar-refractivity contribution is 6.04. The largest absolute Gasteiger partial charge is 0.378 e. The van der Waals surface area contributed by atoms with Gasteiger partial charge in [0.25, 0.3) is 5.91 Å². The molecule has 1 aliphatic rings. The van der Waals surface area contributed by atoms with Gasteiger partial charge in [0, 0.05) is 37.0 Å². The molecule has 3 rings (SSSR count). The van der Waals surface area contributed by atoms with Crippen molar-refractivity contribution in [3.63, 3.8) is 0 Å². The molecular weight excluding hydrogens is 316 g/mol. The predicted molar refractivity (Wildman–Crippen MR) is 99.5 cm³/mol. The summed E-state index contributed by atoms with van der Waals surface area (Å²) in [5.41, 5.74) is 4.97. The first-order chi connectivity index (χ1) is 12.0. The molecule has 1 N–H and O–H groups in total. The van der Waals surface area contributed by atoms with E-state index < -0.39 is 0 Å². The third-order valence-electron chi connectivity index (χ3n) is 4.76. The monoisotopic (exact) mass is 342 g/mol. The summed E-state index contributed by atoms with van der Waals surface area (Å²) in [6.07, 6.45) is 0.850. The molecule has 0 radical (unpaired) electrons. The van der Waals surface area contributed by atoms with Crippen molar-refractivity contribution >= 4 is 17.4 Å². The lowest BCUT2D eigenvalue weighted by atomic mass is 10.1. The third kappa shape index (κ3) is 3.54. The van der Waals surface area contributed by atoms with Gasteiger partial charge in [0.05, 0.1) is 18.9 Å². The normalized spacial score (nSPS) is 14.6. The summed E-state index contributed by atoms with van der Waals surface area (Å²) in [6.45, 7) is 9.39. The van der Waals surface area contributed by atoms with Crippen LogP contribution in [0.15, 0.2) is 18.2 Å². The molecule has 1 aliphatic heterocycles. The lowest BCUT2D eigenvalue weighted by Crippen LogP contribution is -2.36. The van der Waals surface area contributed by atoms with E-state index in [0.717, 1.165) is 55.4 Å². The standard InChI is InChI=1S/C19H26N4O2/c1-5-16-14(3)18(22(4)21-16)20-19(24)15-6-7-17(13(2)12-15)23-8-10-25-11-9-23/h6-7,12H,5,8-11H2,1-4H3,(H,20,24). The Hall–Kier alpha value is -2.34. The van der Waals surface area contributed by atoms with Gasteiger partial charge in [-0.05, 0) is 44.0 Å². The number of hydrogen-bond donors (Lipinski definition) is 1. The van der Waals surface area contributed by atoms with E-state index >= 15 is 0 Å². The van der Waals surface area contributed by atoms with Crippen LogP contribution in [0.25, 0.3) is 0 Å². The topological polar surface area (TPSA) is 59.4 Å². The molecule has 1 amide bonds. The third-order valence-corrected chi connectivity index (χ3v) is 4.76. The molecule has 0 spiro atoms. The minimum Gasteiger partial charge on any atom is -0.378 e. The van der Waals surface area contributed by atoms with Gasteiger partial charge in [-0.15, -0.1) is 0 Å². The Morgan fingerprint density at radius 1 is 1.28 bits per heavy atom. The summed E-state index contributed by atoms with van der Waals surface area (Å²) in [5, 5.41) is 7.46. The van der Waals surface area contributed by atoms with Crippen LogP contribution in [0.3, 0.4) is 0 Å². The fourth-order valence-electron chi connectivity index (χ4n) is 3.33. The number of aromatic nitrogens is 2. The number of nitrogens with one attached hydrogen (secondary N) is 1. The Kier molecular flexibility index (Phi) is 5.08. The van der Waals surface area contributed by atoms with Crippen molar-refractivity contribution in [3.05, 3.63) is 40.6 Å². The van der Waals surface area contributed by atoms with Crippen LogP contribution < -0.4 is 10.2 Å². The van der Waals surface area contributed by atoms with Crippen molar-refractivity contribution in [3.8, 4) is 0 Å². The van der Waals surface area contributed by atoms with Crippen LogP contribution >= 0.6 is 0 Å². The SMILES string of the molecule is CCc1nn(C)c(NC(=O)c2ccc(N3CCOCC3)c(C)c2)c1C. The minimum absolute atomic E-state index is 0.106. The maximum atomic E-state index is 12.7. The van der Waals surface area contributed by atoms with Gasteiger partial charge in [0.2, 0.25) is 0 Å². The number of anilines is 2. The maximum absolute atomic E-state index is 12.7. The molecule has 1 saturated heterocycles. The number of benzene rings is 1. The molecule has 25 heavy (non-hydrogen) atoms. The average Bonchev–Trinajstić information content (AvgIpc) is 2.89. The summed E-state index contributed by atoms with van der Waals surface area (Å²) in [4.78, 5) is 15.0. The van der Waals surface area contributed by atoms with E-state index in [4.69, 9.17) is 4.74 Å². The Morgan fingerprint density at radius 3 is 2.60 bits per heavy atom. The summed E-state index contributed by atoms with van der Waals surface area (Å²) < 4.78 is 7.15. The Bertz CT molecular complexity index is 776. The smallest absolute Gasteiger partial charge is 0.256 e. The van der Waals surface area contributed by atoms with Crippen LogP contribution in [0.5, 0.6) is 0 Å². The van der Waals surface area contributed by atoms with E-state index in [9.17, 15) is 4.79 Å². The van der Waals surface area contributed by atoms with Crippen LogP contribution in [-0.4, -0.2) is 42.0 Å². The number of ether oxygens (including phenoxy) is 1. The van der Waals surface area contributed by atoms with Gasteiger partial charge < -0.3 is 15.0 Å². The lowest BCUT2D eigenvalue weighted by Gasteiger charge is -2.30. The quantitative estimate of drug-likeness (QED) is 0.928. The van der Waals surface area contributed by atoms with Crippen LogP contribution in [0, 0.1) is 13.8 Å². The van der Waals surface area contributed by atoms with E-state index in [1.165, 1.54) is 5.69 Å². The molecule has 0 unspecified atom stereocenters. The predicted octanol–water partition coefficient (Wildman–Crippen LogP) is 2.69. The fourth-order valence-corrected chi connectivity index (χ4v) is 3.33. The highest BCUT2D eigenvalue weighted by Crippen LogP contribution is 2.24. The Morgan fingerprint density at radius 2 is 2.00 bits per heavy atom. The summed E-state index contributed by atoms with van der Waals surface area (Å²) in [6, 6.07) is 5.87. The first kappa shape index (κ1) is 17.5. The van der Waals surface area contributed by atoms with E-state index in [1.807, 2.05) is 39.1 Å². The molecule has 0 aliphatic carbocycles. The van der Waals surface area contributed by atoms with Gasteiger partial charge in [-0.2, -0.15) is 5.10 Å². The molecule has 6 heteroatoms. The minimum atomic E-state index is -0.106. The number of nitrogens with zero attached hydrogens (tertiary/aromatic N) is 3. The molecule has 0 saturated carbocycles. The summed E-state index contributed by atoms with van der Waals surface area (Å²) in [7, 11) is 1.86. The van der Waals surface area contributed by atoms with E-state index in [1.54, 1.807) is 4.68 Å². The van der Waals surface area contributed by atoms with Crippen LogP contribution in [-0.2, 0) is 18.2 Å². The summed E-state index contributed by atoms with van der Waals surface area (Å²) >= 11 is 0. The molecule has 0 bridgehead atoms. The zero-order valence-electron chi connectivity index (χ0n) is 15.4. The van der Waals surface area contributed by atoms with Gasteiger partial charge in [-0.25, -0.2) is 0 Å². The molecule has 1 aromatic carbocycles. The van der Waals surface area contributed by atoms with E-state index in [2.05, 4.69) is 22.2 Å². The highest BCUT2D eigenvalue weighted by atomic mass is 16.5. The molecule has 0 atom stereocenters. The van der Waals surface area contributed by atoms with Gasteiger partial charge in [0.15, 0.2) is 0 Å². The molecule has 1 aromatic heterocycles. The number of hydrogen-bond acceptors (Lipinski definition) is 4. The lowest BCUT2D eigenvalue weighted by molar-refractivity contribution is 0.102. The molecule has 2 aromatic rings.